The van der Waals surface area contributed by atoms with E-state index in [1.807, 2.05) is 13.1 Å². The predicted octanol–water partition coefficient (Wildman–Crippen LogP) is 1.38. The van der Waals surface area contributed by atoms with E-state index in [0.29, 0.717) is 11.7 Å². The molecule has 1 heterocycles. The molecule has 0 saturated heterocycles. The van der Waals surface area contributed by atoms with Crippen LogP contribution in [0.15, 0.2) is 6.07 Å². The number of carbonyl (C=O) groups excluding carboxylic acids is 1. The van der Waals surface area contributed by atoms with Crippen molar-refractivity contribution >= 4 is 11.7 Å². The van der Waals surface area contributed by atoms with E-state index in [9.17, 15) is 4.79 Å². The minimum Gasteiger partial charge on any atom is -0.383 e. The van der Waals surface area contributed by atoms with Gasteiger partial charge < -0.3 is 15.8 Å². The van der Waals surface area contributed by atoms with E-state index in [1.54, 1.807) is 4.68 Å². The normalized spacial score (nSPS) is 17.9. The van der Waals surface area contributed by atoms with Crippen LogP contribution in [0, 0.1) is 0 Å². The number of carbonyl (C=O) groups is 1. The summed E-state index contributed by atoms with van der Waals surface area (Å²) >= 11 is 0. The molecule has 3 N–H and O–H groups in total. The number of aromatic nitrogens is 2. The number of methoxy groups -OCH3 is 1. The molecule has 0 bridgehead atoms. The SMILES string of the molecule is COCC(N)C(=O)Nc1cc(C2CCCCC2)nn1C. The molecular formula is C14H24N4O2. The first-order valence-corrected chi connectivity index (χ1v) is 7.21. The Hall–Kier alpha value is -1.40. The fourth-order valence-corrected chi connectivity index (χ4v) is 2.68. The Balaban J connectivity index is 2.01. The molecule has 2 rings (SSSR count). The number of rotatable bonds is 5. The number of anilines is 1. The lowest BCUT2D eigenvalue weighted by molar-refractivity contribution is -0.118. The zero-order valence-corrected chi connectivity index (χ0v) is 12.3. The molecule has 1 aliphatic rings. The van der Waals surface area contributed by atoms with Crippen LogP contribution in [0.4, 0.5) is 5.82 Å². The Bertz CT molecular complexity index is 452. The quantitative estimate of drug-likeness (QED) is 0.853. The highest BCUT2D eigenvalue weighted by molar-refractivity contribution is 5.94. The van der Waals surface area contributed by atoms with Gasteiger partial charge in [0.2, 0.25) is 5.91 Å². The van der Waals surface area contributed by atoms with Crippen molar-refractivity contribution in [2.45, 2.75) is 44.1 Å². The summed E-state index contributed by atoms with van der Waals surface area (Å²) in [5, 5.41) is 7.33. The molecule has 1 saturated carbocycles. The van der Waals surface area contributed by atoms with Crippen LogP contribution in [0.5, 0.6) is 0 Å². The topological polar surface area (TPSA) is 82.2 Å². The summed E-state index contributed by atoms with van der Waals surface area (Å²) in [6.45, 7) is 0.208. The third-order valence-corrected chi connectivity index (χ3v) is 3.86. The van der Waals surface area contributed by atoms with Gasteiger partial charge in [0.15, 0.2) is 0 Å². The maximum absolute atomic E-state index is 11.9. The molecular weight excluding hydrogens is 256 g/mol. The molecule has 1 amide bonds. The third kappa shape index (κ3) is 3.58. The van der Waals surface area contributed by atoms with Crippen LogP contribution in [0.25, 0.3) is 0 Å². The molecule has 20 heavy (non-hydrogen) atoms. The summed E-state index contributed by atoms with van der Waals surface area (Å²) in [7, 11) is 3.36. The van der Waals surface area contributed by atoms with Gasteiger partial charge in [0.05, 0.1) is 12.3 Å². The van der Waals surface area contributed by atoms with Gasteiger partial charge in [-0.15, -0.1) is 0 Å². The Morgan fingerprint density at radius 2 is 2.25 bits per heavy atom. The van der Waals surface area contributed by atoms with Crippen LogP contribution in [-0.2, 0) is 16.6 Å². The van der Waals surface area contributed by atoms with Crippen molar-refractivity contribution in [3.05, 3.63) is 11.8 Å². The van der Waals surface area contributed by atoms with Gasteiger partial charge in [-0.3, -0.25) is 9.48 Å². The van der Waals surface area contributed by atoms with Gasteiger partial charge in [-0.2, -0.15) is 5.10 Å². The number of nitrogens with zero attached hydrogens (tertiary/aromatic N) is 2. The second-order valence-electron chi connectivity index (χ2n) is 5.46. The summed E-state index contributed by atoms with van der Waals surface area (Å²) in [4.78, 5) is 11.9. The first-order chi connectivity index (χ1) is 9.61. The molecule has 1 aromatic rings. The third-order valence-electron chi connectivity index (χ3n) is 3.86. The summed E-state index contributed by atoms with van der Waals surface area (Å²) in [6, 6.07) is 1.31. The molecule has 0 spiro atoms. The fourth-order valence-electron chi connectivity index (χ4n) is 2.68. The highest BCUT2D eigenvalue weighted by Crippen LogP contribution is 2.32. The molecule has 6 heteroatoms. The average Bonchev–Trinajstić information content (AvgIpc) is 2.81. The standard InChI is InChI=1S/C14H24N4O2/c1-18-13(16-14(19)11(15)9-20-2)8-12(17-18)10-6-4-3-5-7-10/h8,10-11H,3-7,9,15H2,1-2H3,(H,16,19). The first-order valence-electron chi connectivity index (χ1n) is 7.21. The van der Waals surface area contributed by atoms with Crippen molar-refractivity contribution in [1.82, 2.24) is 9.78 Å². The van der Waals surface area contributed by atoms with E-state index in [4.69, 9.17) is 10.5 Å². The second-order valence-corrected chi connectivity index (χ2v) is 5.46. The van der Waals surface area contributed by atoms with E-state index in [-0.39, 0.29) is 12.5 Å². The largest absolute Gasteiger partial charge is 0.383 e. The molecule has 1 aliphatic carbocycles. The summed E-state index contributed by atoms with van der Waals surface area (Å²) in [6.07, 6.45) is 6.23. The van der Waals surface area contributed by atoms with Gasteiger partial charge >= 0.3 is 0 Å². The number of nitrogens with two attached hydrogens (primary N) is 1. The maximum atomic E-state index is 11.9. The van der Waals surface area contributed by atoms with Crippen LogP contribution >= 0.6 is 0 Å². The van der Waals surface area contributed by atoms with E-state index < -0.39 is 6.04 Å². The molecule has 112 valence electrons. The molecule has 1 atom stereocenters. The molecule has 0 aliphatic heterocycles. The number of aryl methyl sites for hydroxylation is 1. The smallest absolute Gasteiger partial charge is 0.244 e. The first kappa shape index (κ1) is 15.0. The summed E-state index contributed by atoms with van der Waals surface area (Å²) in [5.41, 5.74) is 6.78. The van der Waals surface area contributed by atoms with Crippen LogP contribution in [-0.4, -0.2) is 35.4 Å². The maximum Gasteiger partial charge on any atom is 0.244 e. The number of nitrogens with one attached hydrogen (secondary N) is 1. The zero-order chi connectivity index (χ0) is 14.5. The Kier molecular flexibility index (Phi) is 5.14. The Labute approximate surface area is 119 Å². The molecule has 1 fully saturated rings. The molecule has 1 unspecified atom stereocenters. The van der Waals surface area contributed by atoms with E-state index in [0.717, 1.165) is 5.69 Å². The minimum atomic E-state index is -0.659. The van der Waals surface area contributed by atoms with Gasteiger partial charge in [-0.1, -0.05) is 19.3 Å². The van der Waals surface area contributed by atoms with Gasteiger partial charge in [0.25, 0.3) is 0 Å². The van der Waals surface area contributed by atoms with Gasteiger partial charge in [0, 0.05) is 26.1 Å². The van der Waals surface area contributed by atoms with Crippen molar-refractivity contribution in [3.63, 3.8) is 0 Å². The van der Waals surface area contributed by atoms with Crippen molar-refractivity contribution < 1.29 is 9.53 Å². The highest BCUT2D eigenvalue weighted by Gasteiger charge is 2.21. The summed E-state index contributed by atoms with van der Waals surface area (Å²) < 4.78 is 6.59. The van der Waals surface area contributed by atoms with Crippen LogP contribution < -0.4 is 11.1 Å². The lowest BCUT2D eigenvalue weighted by Gasteiger charge is -2.19. The lowest BCUT2D eigenvalue weighted by atomic mass is 9.87. The van der Waals surface area contributed by atoms with Gasteiger partial charge in [-0.25, -0.2) is 0 Å². The second kappa shape index (κ2) is 6.85. The van der Waals surface area contributed by atoms with Crippen molar-refractivity contribution in [2.24, 2.45) is 12.8 Å². The highest BCUT2D eigenvalue weighted by atomic mass is 16.5. The van der Waals surface area contributed by atoms with E-state index in [1.165, 1.54) is 39.2 Å². The van der Waals surface area contributed by atoms with Crippen LogP contribution in [0.3, 0.4) is 0 Å². The lowest BCUT2D eigenvalue weighted by Crippen LogP contribution is -2.39. The average molecular weight is 280 g/mol. The van der Waals surface area contributed by atoms with Gasteiger partial charge in [0.1, 0.15) is 11.9 Å². The molecule has 0 radical (unpaired) electrons. The number of ether oxygens (including phenoxy) is 1. The minimum absolute atomic E-state index is 0.208. The van der Waals surface area contributed by atoms with Crippen molar-refractivity contribution in [1.29, 1.82) is 0 Å². The molecule has 0 aromatic carbocycles. The monoisotopic (exact) mass is 280 g/mol. The predicted molar refractivity (Wildman–Crippen MR) is 77.5 cm³/mol. The van der Waals surface area contributed by atoms with Crippen LogP contribution in [0.2, 0.25) is 0 Å². The van der Waals surface area contributed by atoms with Crippen molar-refractivity contribution in [3.8, 4) is 0 Å². The zero-order valence-electron chi connectivity index (χ0n) is 12.3. The fraction of sp³-hybridized carbons (Fsp3) is 0.714. The Morgan fingerprint density at radius 3 is 2.90 bits per heavy atom. The van der Waals surface area contributed by atoms with E-state index >= 15 is 0 Å². The molecule has 6 nitrogen and oxygen atoms in total. The van der Waals surface area contributed by atoms with Crippen LogP contribution in [0.1, 0.15) is 43.7 Å². The number of hydrogen-bond acceptors (Lipinski definition) is 4. The van der Waals surface area contributed by atoms with E-state index in [2.05, 4.69) is 10.4 Å². The number of amides is 1. The molecule has 1 aromatic heterocycles. The van der Waals surface area contributed by atoms with Gasteiger partial charge in [-0.05, 0) is 12.8 Å². The Morgan fingerprint density at radius 1 is 1.55 bits per heavy atom. The van der Waals surface area contributed by atoms with Crippen molar-refractivity contribution in [2.75, 3.05) is 19.0 Å². The number of hydrogen-bond donors (Lipinski definition) is 2. The summed E-state index contributed by atoms with van der Waals surface area (Å²) in [5.74, 6) is 0.973.